The van der Waals surface area contributed by atoms with E-state index in [0.29, 0.717) is 0 Å². The van der Waals surface area contributed by atoms with Gasteiger partial charge in [0.2, 0.25) is 0 Å². The van der Waals surface area contributed by atoms with Crippen LogP contribution in [-0.4, -0.2) is 4.43 Å². The van der Waals surface area contributed by atoms with Gasteiger partial charge in [0, 0.05) is 4.43 Å². The van der Waals surface area contributed by atoms with Crippen LogP contribution in [0.5, 0.6) is 0 Å². The molecule has 1 aliphatic rings. The third-order valence-corrected chi connectivity index (χ3v) is 5.34. The van der Waals surface area contributed by atoms with Gasteiger partial charge in [-0.1, -0.05) is 61.9 Å². The van der Waals surface area contributed by atoms with Crippen molar-refractivity contribution in [1.29, 1.82) is 0 Å². The molecule has 4 atom stereocenters. The van der Waals surface area contributed by atoms with Crippen molar-refractivity contribution in [2.45, 2.75) is 41.0 Å². The minimum atomic E-state index is 0.798. The molecular weight excluding hydrogens is 295 g/mol. The van der Waals surface area contributed by atoms with Gasteiger partial charge in [0.15, 0.2) is 0 Å². The molecule has 0 saturated heterocycles. The smallest absolute Gasteiger partial charge is 0.00266 e. The van der Waals surface area contributed by atoms with Gasteiger partial charge in [0.1, 0.15) is 0 Å². The Morgan fingerprint density at radius 2 is 2.00 bits per heavy atom. The Kier molecular flexibility index (Phi) is 5.14. The van der Waals surface area contributed by atoms with Gasteiger partial charge in [0.05, 0.1) is 0 Å². The van der Waals surface area contributed by atoms with E-state index in [1.165, 1.54) is 10.8 Å². The predicted molar refractivity (Wildman–Crippen MR) is 77.4 cm³/mol. The Morgan fingerprint density at radius 1 is 1.40 bits per heavy atom. The normalized spacial score (nSPS) is 34.1. The lowest BCUT2D eigenvalue weighted by molar-refractivity contribution is 0.234. The van der Waals surface area contributed by atoms with Crippen LogP contribution in [0.3, 0.4) is 0 Å². The van der Waals surface area contributed by atoms with E-state index in [1.54, 1.807) is 5.57 Å². The SMILES string of the molecule is CC1=CC(C(C)CI)CC(C)C1C(C)C. The van der Waals surface area contributed by atoms with Crippen LogP contribution in [0.15, 0.2) is 11.6 Å². The van der Waals surface area contributed by atoms with E-state index in [9.17, 15) is 0 Å². The van der Waals surface area contributed by atoms with Crippen molar-refractivity contribution in [2.75, 3.05) is 4.43 Å². The van der Waals surface area contributed by atoms with Gasteiger partial charge in [0.25, 0.3) is 0 Å². The van der Waals surface area contributed by atoms with Crippen LogP contribution in [0.25, 0.3) is 0 Å². The van der Waals surface area contributed by atoms with Crippen LogP contribution < -0.4 is 0 Å². The summed E-state index contributed by atoms with van der Waals surface area (Å²) in [5.74, 6) is 4.16. The lowest BCUT2D eigenvalue weighted by Crippen LogP contribution is -2.28. The molecule has 0 aromatic heterocycles. The third kappa shape index (κ3) is 3.21. The fraction of sp³-hybridized carbons (Fsp3) is 0.857. The number of hydrogen-bond acceptors (Lipinski definition) is 0. The van der Waals surface area contributed by atoms with E-state index in [2.05, 4.69) is 63.3 Å². The number of allylic oxidation sites excluding steroid dienone is 2. The summed E-state index contributed by atoms with van der Waals surface area (Å²) in [6.07, 6.45) is 3.96. The first-order chi connectivity index (χ1) is 6.97. The summed E-state index contributed by atoms with van der Waals surface area (Å²) in [4.78, 5) is 0. The van der Waals surface area contributed by atoms with Gasteiger partial charge in [-0.25, -0.2) is 0 Å². The van der Waals surface area contributed by atoms with E-state index in [4.69, 9.17) is 0 Å². The van der Waals surface area contributed by atoms with Gasteiger partial charge >= 0.3 is 0 Å². The number of alkyl halides is 1. The molecule has 0 aromatic rings. The molecule has 0 N–H and O–H groups in total. The largest absolute Gasteiger partial charge is 0.0861 e. The summed E-state index contributed by atoms with van der Waals surface area (Å²) < 4.78 is 1.28. The number of hydrogen-bond donors (Lipinski definition) is 0. The van der Waals surface area contributed by atoms with Crippen LogP contribution in [0, 0.1) is 29.6 Å². The quantitative estimate of drug-likeness (QED) is 0.393. The van der Waals surface area contributed by atoms with E-state index in [1.807, 2.05) is 0 Å². The van der Waals surface area contributed by atoms with Crippen LogP contribution in [0.4, 0.5) is 0 Å². The minimum Gasteiger partial charge on any atom is -0.0861 e. The number of halogens is 1. The molecule has 1 heteroatoms. The first kappa shape index (κ1) is 13.5. The van der Waals surface area contributed by atoms with Crippen molar-refractivity contribution in [3.05, 3.63) is 11.6 Å². The molecule has 0 spiro atoms. The molecule has 0 heterocycles. The van der Waals surface area contributed by atoms with E-state index in [0.717, 1.165) is 29.6 Å². The highest BCUT2D eigenvalue weighted by Gasteiger charge is 2.30. The molecule has 0 bridgehead atoms. The molecule has 0 amide bonds. The standard InChI is InChI=1S/C14H25I/c1-9(2)14-10(3)6-13(7-11(14)4)12(5)8-15/h6,9,11-14H,7-8H2,1-5H3. The lowest BCUT2D eigenvalue weighted by Gasteiger charge is -2.37. The molecule has 0 nitrogen and oxygen atoms in total. The van der Waals surface area contributed by atoms with Crippen LogP contribution in [0.1, 0.15) is 41.0 Å². The predicted octanol–water partition coefficient (Wildman–Crippen LogP) is 4.93. The second kappa shape index (κ2) is 5.70. The monoisotopic (exact) mass is 320 g/mol. The maximum Gasteiger partial charge on any atom is 0.00266 e. The summed E-state index contributed by atoms with van der Waals surface area (Å²) in [5.41, 5.74) is 1.64. The highest BCUT2D eigenvalue weighted by molar-refractivity contribution is 14.1. The Balaban J connectivity index is 2.80. The maximum absolute atomic E-state index is 2.56. The fourth-order valence-electron chi connectivity index (χ4n) is 3.24. The summed E-state index contributed by atoms with van der Waals surface area (Å²) in [5, 5.41) is 0. The summed E-state index contributed by atoms with van der Waals surface area (Å²) in [7, 11) is 0. The zero-order chi connectivity index (χ0) is 11.6. The zero-order valence-electron chi connectivity index (χ0n) is 10.8. The van der Waals surface area contributed by atoms with Crippen molar-refractivity contribution in [2.24, 2.45) is 29.6 Å². The molecule has 0 fully saturated rings. The molecule has 1 rings (SSSR count). The van der Waals surface area contributed by atoms with Crippen molar-refractivity contribution in [3.63, 3.8) is 0 Å². The first-order valence-electron chi connectivity index (χ1n) is 6.21. The molecule has 0 saturated carbocycles. The molecule has 4 unspecified atom stereocenters. The molecular formula is C14H25I. The van der Waals surface area contributed by atoms with Crippen LogP contribution in [-0.2, 0) is 0 Å². The third-order valence-electron chi connectivity index (χ3n) is 3.95. The Labute approximate surface area is 109 Å². The summed E-state index contributed by atoms with van der Waals surface area (Å²) in [6.45, 7) is 11.9. The van der Waals surface area contributed by atoms with Crippen molar-refractivity contribution in [3.8, 4) is 0 Å². The summed E-state index contributed by atoms with van der Waals surface area (Å²) in [6, 6.07) is 0. The van der Waals surface area contributed by atoms with Crippen LogP contribution in [0.2, 0.25) is 0 Å². The van der Waals surface area contributed by atoms with Crippen molar-refractivity contribution < 1.29 is 0 Å². The molecule has 88 valence electrons. The topological polar surface area (TPSA) is 0 Å². The van der Waals surface area contributed by atoms with Crippen molar-refractivity contribution in [1.82, 2.24) is 0 Å². The van der Waals surface area contributed by atoms with Gasteiger partial charge < -0.3 is 0 Å². The average molecular weight is 320 g/mol. The van der Waals surface area contributed by atoms with Gasteiger partial charge in [-0.15, -0.1) is 0 Å². The highest BCUT2D eigenvalue weighted by Crippen LogP contribution is 2.40. The Hall–Kier alpha value is 0.470. The second-order valence-corrected chi connectivity index (χ2v) is 6.57. The van der Waals surface area contributed by atoms with E-state index in [-0.39, 0.29) is 0 Å². The van der Waals surface area contributed by atoms with Crippen LogP contribution >= 0.6 is 22.6 Å². The van der Waals surface area contributed by atoms with Gasteiger partial charge in [-0.2, -0.15) is 0 Å². The van der Waals surface area contributed by atoms with E-state index >= 15 is 0 Å². The van der Waals surface area contributed by atoms with Gasteiger partial charge in [-0.05, 0) is 42.9 Å². The lowest BCUT2D eigenvalue weighted by atomic mass is 9.69. The Morgan fingerprint density at radius 3 is 2.40 bits per heavy atom. The first-order valence-corrected chi connectivity index (χ1v) is 7.74. The highest BCUT2D eigenvalue weighted by atomic mass is 127. The molecule has 0 radical (unpaired) electrons. The Bertz CT molecular complexity index is 229. The second-order valence-electron chi connectivity index (χ2n) is 5.69. The fourth-order valence-corrected chi connectivity index (χ4v) is 3.89. The maximum atomic E-state index is 2.56. The zero-order valence-corrected chi connectivity index (χ0v) is 12.9. The van der Waals surface area contributed by atoms with Crippen molar-refractivity contribution >= 4 is 22.6 Å². The molecule has 0 aliphatic heterocycles. The molecule has 15 heavy (non-hydrogen) atoms. The molecule has 1 aliphatic carbocycles. The molecule has 0 aromatic carbocycles. The van der Waals surface area contributed by atoms with Gasteiger partial charge in [-0.3, -0.25) is 0 Å². The minimum absolute atomic E-state index is 0.798. The number of rotatable bonds is 3. The van der Waals surface area contributed by atoms with E-state index < -0.39 is 0 Å². The average Bonchev–Trinajstić information content (AvgIpc) is 2.14. The summed E-state index contributed by atoms with van der Waals surface area (Å²) >= 11 is 2.52.